The lowest BCUT2D eigenvalue weighted by Crippen LogP contribution is -2.39. The molecular weight excluding hydrogens is 280 g/mol. The maximum atomic E-state index is 11.5. The third-order valence-electron chi connectivity index (χ3n) is 2.79. The van der Waals surface area contributed by atoms with Gasteiger partial charge in [0, 0.05) is 25.2 Å². The lowest BCUT2D eigenvalue weighted by Gasteiger charge is -2.16. The molecule has 0 aliphatic rings. The zero-order chi connectivity index (χ0) is 15.0. The number of hydrogen-bond acceptors (Lipinski definition) is 4. The quantitative estimate of drug-likeness (QED) is 0.756. The first-order chi connectivity index (χ1) is 9.52. The van der Waals surface area contributed by atoms with E-state index in [1.54, 1.807) is 36.2 Å². The monoisotopic (exact) mass is 300 g/mol. The van der Waals surface area contributed by atoms with Crippen LogP contribution in [0.1, 0.15) is 6.92 Å². The number of halogens is 1. The van der Waals surface area contributed by atoms with Gasteiger partial charge in [-0.2, -0.15) is 0 Å². The number of benzene rings is 1. The molecule has 0 fully saturated rings. The average Bonchev–Trinajstić information content (AvgIpc) is 2.44. The number of aliphatic hydroxyl groups excluding tert-OH is 1. The Kier molecular flexibility index (Phi) is 7.36. The molecule has 0 aliphatic carbocycles. The summed E-state index contributed by atoms with van der Waals surface area (Å²) in [6.45, 7) is 3.22. The first kappa shape index (κ1) is 16.8. The summed E-state index contributed by atoms with van der Waals surface area (Å²) in [5.41, 5.74) is 0. The van der Waals surface area contributed by atoms with Crippen molar-refractivity contribution in [3.05, 3.63) is 29.3 Å². The van der Waals surface area contributed by atoms with Crippen molar-refractivity contribution in [1.29, 1.82) is 0 Å². The Morgan fingerprint density at radius 1 is 1.55 bits per heavy atom. The van der Waals surface area contributed by atoms with Gasteiger partial charge in [0.15, 0.2) is 0 Å². The van der Waals surface area contributed by atoms with E-state index in [1.807, 2.05) is 6.92 Å². The van der Waals surface area contributed by atoms with Gasteiger partial charge in [-0.05, 0) is 25.1 Å². The van der Waals surface area contributed by atoms with E-state index in [2.05, 4.69) is 5.32 Å². The minimum Gasteiger partial charge on any atom is -0.491 e. The Morgan fingerprint density at radius 3 is 2.95 bits per heavy atom. The van der Waals surface area contributed by atoms with E-state index in [4.69, 9.17) is 16.3 Å². The second-order valence-corrected chi connectivity index (χ2v) is 4.90. The zero-order valence-electron chi connectivity index (χ0n) is 11.8. The van der Waals surface area contributed by atoms with E-state index in [0.29, 0.717) is 23.9 Å². The van der Waals surface area contributed by atoms with Crippen molar-refractivity contribution in [2.24, 2.45) is 0 Å². The molecule has 1 atom stereocenters. The van der Waals surface area contributed by atoms with Gasteiger partial charge in [-0.3, -0.25) is 4.79 Å². The van der Waals surface area contributed by atoms with Crippen molar-refractivity contribution in [2.45, 2.75) is 13.0 Å². The molecule has 1 amide bonds. The van der Waals surface area contributed by atoms with Gasteiger partial charge in [0.25, 0.3) is 0 Å². The molecule has 5 nitrogen and oxygen atoms in total. The number of carbonyl (C=O) groups excluding carboxylic acids is 1. The lowest BCUT2D eigenvalue weighted by atomic mass is 10.3. The number of rotatable bonds is 8. The number of nitrogens with one attached hydrogen (secondary N) is 1. The summed E-state index contributed by atoms with van der Waals surface area (Å²) >= 11 is 5.82. The van der Waals surface area contributed by atoms with E-state index in [-0.39, 0.29) is 19.1 Å². The van der Waals surface area contributed by atoms with Crippen LogP contribution in [0.2, 0.25) is 5.02 Å². The molecule has 0 spiro atoms. The summed E-state index contributed by atoms with van der Waals surface area (Å²) < 4.78 is 5.40. The fourth-order valence-electron chi connectivity index (χ4n) is 1.47. The van der Waals surface area contributed by atoms with Crippen LogP contribution < -0.4 is 10.1 Å². The molecule has 0 heterocycles. The molecule has 1 rings (SSSR count). The molecule has 0 bridgehead atoms. The fraction of sp³-hybridized carbons (Fsp3) is 0.500. The minimum absolute atomic E-state index is 0.00420. The van der Waals surface area contributed by atoms with Crippen LogP contribution in [-0.4, -0.2) is 55.3 Å². The molecule has 6 heteroatoms. The number of likely N-dealkylation sites (N-methyl/N-ethyl adjacent to an activating group) is 1. The Morgan fingerprint density at radius 2 is 2.30 bits per heavy atom. The fourth-order valence-corrected chi connectivity index (χ4v) is 1.65. The molecule has 0 saturated carbocycles. The molecule has 1 unspecified atom stereocenters. The highest BCUT2D eigenvalue weighted by atomic mass is 35.5. The number of amides is 1. The Hall–Kier alpha value is -1.30. The molecule has 1 aromatic carbocycles. The van der Waals surface area contributed by atoms with Crippen LogP contribution in [0.5, 0.6) is 5.75 Å². The number of aliphatic hydroxyl groups is 1. The first-order valence-corrected chi connectivity index (χ1v) is 6.91. The van der Waals surface area contributed by atoms with E-state index < -0.39 is 6.10 Å². The Labute approximate surface area is 124 Å². The first-order valence-electron chi connectivity index (χ1n) is 6.54. The molecule has 112 valence electrons. The van der Waals surface area contributed by atoms with Crippen LogP contribution in [0.15, 0.2) is 24.3 Å². The van der Waals surface area contributed by atoms with Crippen LogP contribution in [0.4, 0.5) is 0 Å². The number of carbonyl (C=O) groups is 1. The van der Waals surface area contributed by atoms with Gasteiger partial charge in [0.05, 0.1) is 6.54 Å². The van der Waals surface area contributed by atoms with Crippen molar-refractivity contribution in [1.82, 2.24) is 10.2 Å². The second kappa shape index (κ2) is 8.79. The highest BCUT2D eigenvalue weighted by Gasteiger charge is 2.09. The van der Waals surface area contributed by atoms with Gasteiger partial charge < -0.3 is 20.1 Å². The van der Waals surface area contributed by atoms with Crippen molar-refractivity contribution < 1.29 is 14.6 Å². The molecule has 20 heavy (non-hydrogen) atoms. The summed E-state index contributed by atoms with van der Waals surface area (Å²) in [5, 5.41) is 13.2. The zero-order valence-corrected chi connectivity index (χ0v) is 12.6. The number of hydrogen-bond donors (Lipinski definition) is 2. The topological polar surface area (TPSA) is 61.8 Å². The summed E-state index contributed by atoms with van der Waals surface area (Å²) in [6.07, 6.45) is -0.686. The average molecular weight is 301 g/mol. The predicted molar refractivity (Wildman–Crippen MR) is 79.1 cm³/mol. The van der Waals surface area contributed by atoms with Gasteiger partial charge >= 0.3 is 0 Å². The van der Waals surface area contributed by atoms with E-state index in [1.165, 1.54) is 0 Å². The smallest absolute Gasteiger partial charge is 0.236 e. The predicted octanol–water partition coefficient (Wildman–Crippen LogP) is 1.15. The van der Waals surface area contributed by atoms with Crippen molar-refractivity contribution in [3.63, 3.8) is 0 Å². The maximum Gasteiger partial charge on any atom is 0.236 e. The molecular formula is C14H21ClN2O3. The van der Waals surface area contributed by atoms with Crippen LogP contribution >= 0.6 is 11.6 Å². The maximum absolute atomic E-state index is 11.5. The van der Waals surface area contributed by atoms with Gasteiger partial charge in [-0.25, -0.2) is 0 Å². The highest BCUT2D eigenvalue weighted by molar-refractivity contribution is 6.30. The highest BCUT2D eigenvalue weighted by Crippen LogP contribution is 2.17. The van der Waals surface area contributed by atoms with Crippen molar-refractivity contribution in [3.8, 4) is 5.75 Å². The summed E-state index contributed by atoms with van der Waals surface area (Å²) in [4.78, 5) is 13.1. The third-order valence-corrected chi connectivity index (χ3v) is 3.03. The van der Waals surface area contributed by atoms with E-state index in [9.17, 15) is 9.90 Å². The molecule has 0 aliphatic heterocycles. The SMILES string of the molecule is CCN(C)C(=O)CNCC(O)COc1cccc(Cl)c1. The number of ether oxygens (including phenoxy) is 1. The van der Waals surface area contributed by atoms with Gasteiger partial charge in [0.2, 0.25) is 5.91 Å². The van der Waals surface area contributed by atoms with Crippen molar-refractivity contribution in [2.75, 3.05) is 33.3 Å². The molecule has 1 aromatic rings. The summed E-state index contributed by atoms with van der Waals surface area (Å²) in [6, 6.07) is 6.98. The van der Waals surface area contributed by atoms with Gasteiger partial charge in [-0.15, -0.1) is 0 Å². The summed E-state index contributed by atoms with van der Waals surface area (Å²) in [5.74, 6) is 0.605. The lowest BCUT2D eigenvalue weighted by molar-refractivity contribution is -0.128. The number of nitrogens with zero attached hydrogens (tertiary/aromatic N) is 1. The van der Waals surface area contributed by atoms with Crippen LogP contribution in [-0.2, 0) is 4.79 Å². The van der Waals surface area contributed by atoms with Crippen LogP contribution in [0.25, 0.3) is 0 Å². The van der Waals surface area contributed by atoms with Crippen LogP contribution in [0.3, 0.4) is 0 Å². The molecule has 2 N–H and O–H groups in total. The molecule has 0 aromatic heterocycles. The van der Waals surface area contributed by atoms with Gasteiger partial charge in [0.1, 0.15) is 18.5 Å². The second-order valence-electron chi connectivity index (χ2n) is 4.46. The standard InChI is InChI=1S/C14H21ClN2O3/c1-3-17(2)14(19)9-16-8-12(18)10-20-13-6-4-5-11(15)7-13/h4-7,12,16,18H,3,8-10H2,1-2H3. The third kappa shape index (κ3) is 6.23. The molecule has 0 radical (unpaired) electrons. The Bertz CT molecular complexity index is 429. The van der Waals surface area contributed by atoms with E-state index in [0.717, 1.165) is 0 Å². The Balaban J connectivity index is 2.20. The van der Waals surface area contributed by atoms with E-state index >= 15 is 0 Å². The van der Waals surface area contributed by atoms with Crippen LogP contribution in [0, 0.1) is 0 Å². The minimum atomic E-state index is -0.686. The molecule has 0 saturated heterocycles. The van der Waals surface area contributed by atoms with Crippen molar-refractivity contribution >= 4 is 17.5 Å². The van der Waals surface area contributed by atoms with Gasteiger partial charge in [-0.1, -0.05) is 17.7 Å². The summed E-state index contributed by atoms with van der Waals surface area (Å²) in [7, 11) is 1.74. The largest absolute Gasteiger partial charge is 0.491 e. The normalized spacial score (nSPS) is 12.0.